The van der Waals surface area contributed by atoms with E-state index >= 15 is 4.39 Å². The van der Waals surface area contributed by atoms with Crippen LogP contribution >= 0.6 is 34.8 Å². The maximum absolute atomic E-state index is 15.0. The van der Waals surface area contributed by atoms with E-state index in [1.54, 1.807) is 0 Å². The van der Waals surface area contributed by atoms with Gasteiger partial charge in [0.25, 0.3) is 0 Å². The minimum absolute atomic E-state index is 0.0363. The van der Waals surface area contributed by atoms with Crippen LogP contribution in [0.2, 0.25) is 15.1 Å². The lowest BCUT2D eigenvalue weighted by Crippen LogP contribution is -2.20. The number of nitro groups is 1. The lowest BCUT2D eigenvalue weighted by molar-refractivity contribution is -0.384. The van der Waals surface area contributed by atoms with E-state index in [1.165, 1.54) is 6.07 Å². The van der Waals surface area contributed by atoms with Gasteiger partial charge < -0.3 is 5.32 Å². The molecule has 2 aromatic carbocycles. The van der Waals surface area contributed by atoms with E-state index in [1.807, 2.05) is 0 Å². The van der Waals surface area contributed by atoms with Gasteiger partial charge in [0.05, 0.1) is 32.1 Å². The van der Waals surface area contributed by atoms with Crippen molar-refractivity contribution in [3.8, 4) is 0 Å². The fourth-order valence-corrected chi connectivity index (χ4v) is 4.10. The molecule has 1 aromatic heterocycles. The van der Waals surface area contributed by atoms with Gasteiger partial charge >= 0.3 is 18.0 Å². The van der Waals surface area contributed by atoms with E-state index in [4.69, 9.17) is 34.8 Å². The molecule has 1 heterocycles. The number of halogens is 10. The van der Waals surface area contributed by atoms with Gasteiger partial charge in [-0.15, -0.1) is 0 Å². The number of ketones is 1. The summed E-state index contributed by atoms with van der Waals surface area (Å²) >= 11 is 17.3. The summed E-state index contributed by atoms with van der Waals surface area (Å²) in [4.78, 5) is 26.5. The summed E-state index contributed by atoms with van der Waals surface area (Å²) in [5, 5.41) is 12.4. The van der Waals surface area contributed by atoms with Crippen molar-refractivity contribution in [3.63, 3.8) is 0 Å². The Bertz CT molecular complexity index is 1470. The SMILES string of the molecule is O=C(CNc1ncccc1[N+](=O)[O-])c1ccc(/C(F)=C/C(c2cc(Cl)c(Cl)c(Cl)c2)C(F)(F)F)cc1C(F)(F)F. The Morgan fingerprint density at radius 3 is 2.23 bits per heavy atom. The number of aromatic nitrogens is 1. The number of allylic oxidation sites excluding steroid dienone is 1. The van der Waals surface area contributed by atoms with Gasteiger partial charge in [0.15, 0.2) is 5.78 Å². The Morgan fingerprint density at radius 1 is 1.05 bits per heavy atom. The van der Waals surface area contributed by atoms with Crippen LogP contribution in [0.3, 0.4) is 0 Å². The van der Waals surface area contributed by atoms with Gasteiger partial charge in [-0.2, -0.15) is 26.3 Å². The zero-order chi connectivity index (χ0) is 30.0. The molecular formula is C24H13Cl3F7N3O3. The molecule has 3 rings (SSSR count). The summed E-state index contributed by atoms with van der Waals surface area (Å²) in [6, 6.07) is 5.31. The van der Waals surface area contributed by atoms with E-state index in [9.17, 15) is 41.3 Å². The number of nitrogens with zero attached hydrogens (tertiary/aromatic N) is 2. The Balaban J connectivity index is 1.99. The van der Waals surface area contributed by atoms with Crippen molar-refractivity contribution >= 4 is 57.9 Å². The molecule has 0 saturated heterocycles. The van der Waals surface area contributed by atoms with Crippen molar-refractivity contribution in [3.05, 3.63) is 102 Å². The van der Waals surface area contributed by atoms with Crippen LogP contribution in [0, 0.1) is 10.1 Å². The lowest BCUT2D eigenvalue weighted by atomic mass is 9.95. The molecule has 16 heteroatoms. The minimum Gasteiger partial charge on any atom is -0.357 e. The fourth-order valence-electron chi connectivity index (χ4n) is 3.49. The predicted molar refractivity (Wildman–Crippen MR) is 135 cm³/mol. The molecule has 1 unspecified atom stereocenters. The third-order valence-corrected chi connectivity index (χ3v) is 6.53. The van der Waals surface area contributed by atoms with Crippen molar-refractivity contribution in [2.24, 2.45) is 0 Å². The Labute approximate surface area is 235 Å². The average Bonchev–Trinajstić information content (AvgIpc) is 2.87. The first kappa shape index (κ1) is 31.1. The molecule has 1 N–H and O–H groups in total. The highest BCUT2D eigenvalue weighted by molar-refractivity contribution is 6.48. The normalized spacial score (nSPS) is 13.2. The predicted octanol–water partition coefficient (Wildman–Crippen LogP) is 8.92. The molecule has 212 valence electrons. The molecule has 0 aliphatic rings. The van der Waals surface area contributed by atoms with Crippen LogP contribution in [0.4, 0.5) is 42.2 Å². The number of Topliss-reactive ketones (excluding diaryl/α,β-unsaturated/α-hetero) is 1. The van der Waals surface area contributed by atoms with Gasteiger partial charge in [-0.25, -0.2) is 9.37 Å². The molecule has 6 nitrogen and oxygen atoms in total. The summed E-state index contributed by atoms with van der Waals surface area (Å²) in [6.45, 7) is -0.868. The van der Waals surface area contributed by atoms with Gasteiger partial charge in [-0.3, -0.25) is 14.9 Å². The van der Waals surface area contributed by atoms with Crippen LogP contribution in [-0.2, 0) is 6.18 Å². The average molecular weight is 631 g/mol. The van der Waals surface area contributed by atoms with Crippen LogP contribution in [0.1, 0.15) is 33.0 Å². The molecule has 0 bridgehead atoms. The first-order chi connectivity index (χ1) is 18.5. The maximum atomic E-state index is 15.0. The van der Waals surface area contributed by atoms with Gasteiger partial charge in [-0.1, -0.05) is 46.9 Å². The molecular weight excluding hydrogens is 618 g/mol. The Morgan fingerprint density at radius 2 is 1.68 bits per heavy atom. The number of hydrogen-bond donors (Lipinski definition) is 1. The number of benzene rings is 2. The fraction of sp³-hybridized carbons (Fsp3) is 0.167. The molecule has 0 radical (unpaired) electrons. The number of rotatable bonds is 8. The summed E-state index contributed by atoms with van der Waals surface area (Å²) in [7, 11) is 0. The minimum atomic E-state index is -5.22. The summed E-state index contributed by atoms with van der Waals surface area (Å²) in [5.41, 5.74) is -4.68. The monoisotopic (exact) mass is 629 g/mol. The van der Waals surface area contributed by atoms with E-state index in [-0.39, 0.29) is 33.0 Å². The smallest absolute Gasteiger partial charge is 0.357 e. The summed E-state index contributed by atoms with van der Waals surface area (Å²) in [5.74, 6) is -5.95. The zero-order valence-corrected chi connectivity index (χ0v) is 21.6. The Hall–Kier alpha value is -3.42. The third-order valence-electron chi connectivity index (χ3n) is 5.33. The quantitative estimate of drug-likeness (QED) is 0.0883. The highest BCUT2D eigenvalue weighted by atomic mass is 35.5. The van der Waals surface area contributed by atoms with Crippen LogP contribution in [-0.4, -0.2) is 28.4 Å². The zero-order valence-electron chi connectivity index (χ0n) is 19.4. The summed E-state index contributed by atoms with van der Waals surface area (Å²) in [6.07, 6.45) is -9.15. The second kappa shape index (κ2) is 12.0. The van der Waals surface area contributed by atoms with Crippen LogP contribution in [0.5, 0.6) is 0 Å². The number of pyridine rings is 1. The number of carbonyl (C=O) groups is 1. The largest absolute Gasteiger partial charge is 0.417 e. The Kier molecular flexibility index (Phi) is 9.32. The molecule has 0 aliphatic heterocycles. The molecule has 1 atom stereocenters. The first-order valence-electron chi connectivity index (χ1n) is 10.7. The standard InChI is InChI=1S/C24H13Cl3F7N3O3/c25-16-7-12(8-17(26)21(16)27)14(23(29,30)31)9-18(28)11-3-4-13(15(6-11)24(32,33)34)20(38)10-36-22-19(37(39)40)2-1-5-35-22/h1-9,14H,10H2,(H,35,36)/b18-9-. The molecule has 0 fully saturated rings. The van der Waals surface area contributed by atoms with Crippen molar-refractivity contribution in [2.45, 2.75) is 18.3 Å². The topological polar surface area (TPSA) is 85.1 Å². The van der Waals surface area contributed by atoms with E-state index in [2.05, 4.69) is 10.3 Å². The first-order valence-corrected chi connectivity index (χ1v) is 11.8. The molecule has 0 amide bonds. The summed E-state index contributed by atoms with van der Waals surface area (Å²) < 4.78 is 97.7. The van der Waals surface area contributed by atoms with Crippen molar-refractivity contribution in [1.82, 2.24) is 4.98 Å². The van der Waals surface area contributed by atoms with Gasteiger partial charge in [0.1, 0.15) is 11.7 Å². The van der Waals surface area contributed by atoms with Gasteiger partial charge in [0, 0.05) is 23.4 Å². The van der Waals surface area contributed by atoms with Crippen LogP contribution in [0.25, 0.3) is 5.83 Å². The highest BCUT2D eigenvalue weighted by Crippen LogP contribution is 2.43. The lowest BCUT2D eigenvalue weighted by Gasteiger charge is -2.19. The van der Waals surface area contributed by atoms with Crippen molar-refractivity contribution < 1.29 is 40.5 Å². The molecule has 40 heavy (non-hydrogen) atoms. The number of alkyl halides is 6. The van der Waals surface area contributed by atoms with Crippen molar-refractivity contribution in [1.29, 1.82) is 0 Å². The van der Waals surface area contributed by atoms with Crippen LogP contribution < -0.4 is 5.32 Å². The number of anilines is 1. The molecule has 3 aromatic rings. The number of hydrogen-bond acceptors (Lipinski definition) is 5. The van der Waals surface area contributed by atoms with Gasteiger partial charge in [-0.05, 0) is 35.9 Å². The molecule has 0 spiro atoms. The van der Waals surface area contributed by atoms with Crippen LogP contribution in [0.15, 0.2) is 54.7 Å². The molecule has 0 aliphatic carbocycles. The molecule has 0 saturated carbocycles. The van der Waals surface area contributed by atoms with Gasteiger partial charge in [0.2, 0.25) is 5.82 Å². The van der Waals surface area contributed by atoms with Crippen molar-refractivity contribution in [2.75, 3.05) is 11.9 Å². The second-order valence-corrected chi connectivity index (χ2v) is 9.19. The van der Waals surface area contributed by atoms with E-state index in [0.29, 0.717) is 12.1 Å². The highest BCUT2D eigenvalue weighted by Gasteiger charge is 2.41. The number of nitrogens with one attached hydrogen (secondary N) is 1. The number of carbonyl (C=O) groups excluding carboxylic acids is 1. The third kappa shape index (κ3) is 7.20. The second-order valence-electron chi connectivity index (χ2n) is 8.00. The maximum Gasteiger partial charge on any atom is 0.417 e. The van der Waals surface area contributed by atoms with E-state index < -0.39 is 69.3 Å². The van der Waals surface area contributed by atoms with E-state index in [0.717, 1.165) is 24.4 Å².